The molecule has 6 heteroatoms. The fraction of sp³-hybridized carbons (Fsp3) is 0.714. The van der Waals surface area contributed by atoms with E-state index >= 15 is 0 Å². The smallest absolute Gasteiger partial charge is 0.252 e. The number of morpholine rings is 1. The Morgan fingerprint density at radius 3 is 2.85 bits per heavy atom. The maximum absolute atomic E-state index is 12.5. The summed E-state index contributed by atoms with van der Waals surface area (Å²) in [5, 5.41) is 3.09. The van der Waals surface area contributed by atoms with Crippen LogP contribution in [0.5, 0.6) is 0 Å². The maximum Gasteiger partial charge on any atom is 0.252 e. The molecule has 3 heterocycles. The van der Waals surface area contributed by atoms with Crippen LogP contribution in [0.3, 0.4) is 0 Å². The number of anilines is 1. The lowest BCUT2D eigenvalue weighted by Crippen LogP contribution is -2.48. The summed E-state index contributed by atoms with van der Waals surface area (Å²) in [7, 11) is 0. The van der Waals surface area contributed by atoms with Gasteiger partial charge in [-0.2, -0.15) is 0 Å². The fourth-order valence-electron chi connectivity index (χ4n) is 4.02. The number of amides is 1. The Morgan fingerprint density at radius 2 is 2.19 bits per heavy atom. The molecule has 0 spiro atoms. The minimum Gasteiger partial charge on any atom is -0.372 e. The molecule has 1 aromatic heterocycles. The topological polar surface area (TPSA) is 57.7 Å². The second kappa shape index (κ2) is 8.57. The van der Waals surface area contributed by atoms with Gasteiger partial charge in [-0.1, -0.05) is 13.8 Å². The number of rotatable bonds is 6. The lowest BCUT2D eigenvalue weighted by atomic mass is 10.1. The van der Waals surface area contributed by atoms with Crippen LogP contribution in [0.1, 0.15) is 44.5 Å². The summed E-state index contributed by atoms with van der Waals surface area (Å²) in [5.41, 5.74) is 0.462. The van der Waals surface area contributed by atoms with Crippen molar-refractivity contribution >= 4 is 11.7 Å². The van der Waals surface area contributed by atoms with E-state index in [0.29, 0.717) is 24.0 Å². The van der Waals surface area contributed by atoms with E-state index in [1.807, 2.05) is 12.1 Å². The summed E-state index contributed by atoms with van der Waals surface area (Å²) in [6, 6.07) is 3.82. The van der Waals surface area contributed by atoms with E-state index in [4.69, 9.17) is 4.74 Å². The van der Waals surface area contributed by atoms with Gasteiger partial charge in [0.25, 0.3) is 5.91 Å². The van der Waals surface area contributed by atoms with Crippen molar-refractivity contribution in [2.45, 2.75) is 39.7 Å². The maximum atomic E-state index is 12.5. The number of aromatic nitrogens is 1. The predicted molar refractivity (Wildman–Crippen MR) is 108 cm³/mol. The second-order valence-corrected chi connectivity index (χ2v) is 8.95. The second-order valence-electron chi connectivity index (χ2n) is 8.95. The van der Waals surface area contributed by atoms with Crippen LogP contribution in [0.25, 0.3) is 0 Å². The van der Waals surface area contributed by atoms with Gasteiger partial charge in [-0.3, -0.25) is 4.79 Å². The molecule has 0 unspecified atom stereocenters. The van der Waals surface area contributed by atoms with Crippen molar-refractivity contribution in [2.24, 2.45) is 11.8 Å². The third-order valence-electron chi connectivity index (χ3n) is 5.30. The van der Waals surface area contributed by atoms with Gasteiger partial charge in [0.15, 0.2) is 0 Å². The monoisotopic (exact) mass is 374 g/mol. The zero-order valence-electron chi connectivity index (χ0n) is 17.2. The van der Waals surface area contributed by atoms with Crippen molar-refractivity contribution in [3.05, 3.63) is 23.9 Å². The summed E-state index contributed by atoms with van der Waals surface area (Å²) in [4.78, 5) is 21.7. The van der Waals surface area contributed by atoms with Crippen LogP contribution in [0.4, 0.5) is 5.82 Å². The van der Waals surface area contributed by atoms with Gasteiger partial charge in [0.1, 0.15) is 5.82 Å². The first-order valence-corrected chi connectivity index (χ1v) is 10.2. The Morgan fingerprint density at radius 1 is 1.37 bits per heavy atom. The summed E-state index contributed by atoms with van der Waals surface area (Å²) in [5.74, 6) is 2.12. The highest BCUT2D eigenvalue weighted by Gasteiger charge is 2.28. The van der Waals surface area contributed by atoms with E-state index in [1.54, 1.807) is 6.20 Å². The first-order chi connectivity index (χ1) is 12.8. The van der Waals surface area contributed by atoms with Gasteiger partial charge < -0.3 is 19.9 Å². The molecular weight excluding hydrogens is 340 g/mol. The molecule has 0 aliphatic carbocycles. The van der Waals surface area contributed by atoms with Crippen LogP contribution in [-0.4, -0.2) is 67.3 Å². The SMILES string of the molecule is CC(C)CN1CC[C@H](CNC(=O)c2ccc(N3CCOC(C)(C)C3)nc2)C1. The van der Waals surface area contributed by atoms with Gasteiger partial charge >= 0.3 is 0 Å². The number of nitrogens with zero attached hydrogens (tertiary/aromatic N) is 3. The molecule has 2 saturated heterocycles. The molecule has 2 fully saturated rings. The highest BCUT2D eigenvalue weighted by atomic mass is 16.5. The highest BCUT2D eigenvalue weighted by molar-refractivity contribution is 5.94. The Labute approximate surface area is 163 Å². The van der Waals surface area contributed by atoms with Crippen LogP contribution in [0.2, 0.25) is 0 Å². The minimum absolute atomic E-state index is 0.0290. The number of ether oxygens (including phenoxy) is 1. The summed E-state index contributed by atoms with van der Waals surface area (Å²) in [6.07, 6.45) is 2.85. The van der Waals surface area contributed by atoms with Crippen LogP contribution in [0, 0.1) is 11.8 Å². The average Bonchev–Trinajstić information content (AvgIpc) is 3.05. The summed E-state index contributed by atoms with van der Waals surface area (Å²) in [6.45, 7) is 15.1. The zero-order valence-corrected chi connectivity index (χ0v) is 17.2. The zero-order chi connectivity index (χ0) is 19.4. The van der Waals surface area contributed by atoms with E-state index in [2.05, 4.69) is 47.8 Å². The van der Waals surface area contributed by atoms with Crippen LogP contribution < -0.4 is 10.2 Å². The molecule has 6 nitrogen and oxygen atoms in total. The van der Waals surface area contributed by atoms with Gasteiger partial charge in [0.05, 0.1) is 17.8 Å². The van der Waals surface area contributed by atoms with Gasteiger partial charge in [0.2, 0.25) is 0 Å². The van der Waals surface area contributed by atoms with E-state index in [9.17, 15) is 4.79 Å². The molecule has 1 atom stereocenters. The first-order valence-electron chi connectivity index (χ1n) is 10.2. The van der Waals surface area contributed by atoms with Crippen LogP contribution >= 0.6 is 0 Å². The predicted octanol–water partition coefficient (Wildman–Crippen LogP) is 2.40. The molecule has 0 saturated carbocycles. The van der Waals surface area contributed by atoms with E-state index < -0.39 is 0 Å². The Kier molecular flexibility index (Phi) is 6.37. The molecule has 2 aliphatic rings. The van der Waals surface area contributed by atoms with Crippen LogP contribution in [0.15, 0.2) is 18.3 Å². The van der Waals surface area contributed by atoms with Crippen molar-refractivity contribution in [2.75, 3.05) is 50.8 Å². The lowest BCUT2D eigenvalue weighted by molar-refractivity contribution is -0.0279. The number of carbonyl (C=O) groups is 1. The molecule has 2 aliphatic heterocycles. The van der Waals surface area contributed by atoms with Crippen molar-refractivity contribution in [1.82, 2.24) is 15.2 Å². The van der Waals surface area contributed by atoms with Crippen molar-refractivity contribution in [3.8, 4) is 0 Å². The Balaban J connectivity index is 1.48. The van der Waals surface area contributed by atoms with Crippen molar-refractivity contribution < 1.29 is 9.53 Å². The van der Waals surface area contributed by atoms with Crippen molar-refractivity contribution in [3.63, 3.8) is 0 Å². The first kappa shape index (κ1) is 20.1. The Hall–Kier alpha value is -1.66. The molecular formula is C21H34N4O2. The minimum atomic E-state index is -0.166. The third-order valence-corrected chi connectivity index (χ3v) is 5.30. The van der Waals surface area contributed by atoms with Crippen LogP contribution in [-0.2, 0) is 4.74 Å². The summed E-state index contributed by atoms with van der Waals surface area (Å²) < 4.78 is 5.75. The lowest BCUT2D eigenvalue weighted by Gasteiger charge is -2.38. The molecule has 150 valence electrons. The molecule has 0 radical (unpaired) electrons. The summed E-state index contributed by atoms with van der Waals surface area (Å²) >= 11 is 0. The van der Waals surface area contributed by atoms with Gasteiger partial charge in [-0.15, -0.1) is 0 Å². The molecule has 27 heavy (non-hydrogen) atoms. The van der Waals surface area contributed by atoms with Gasteiger partial charge in [-0.05, 0) is 50.8 Å². The molecule has 1 aromatic rings. The molecule has 0 bridgehead atoms. The third kappa shape index (κ3) is 5.66. The van der Waals surface area contributed by atoms with E-state index in [-0.39, 0.29) is 11.5 Å². The van der Waals surface area contributed by atoms with Gasteiger partial charge in [-0.25, -0.2) is 4.98 Å². The number of nitrogens with one attached hydrogen (secondary N) is 1. The molecule has 0 aromatic carbocycles. The highest BCUT2D eigenvalue weighted by Crippen LogP contribution is 2.21. The molecule has 1 amide bonds. The van der Waals surface area contributed by atoms with Crippen molar-refractivity contribution in [1.29, 1.82) is 0 Å². The standard InChI is InChI=1S/C21H34N4O2/c1-16(2)13-24-8-7-17(14-24)11-23-20(26)18-5-6-19(22-12-18)25-9-10-27-21(3,4)15-25/h5-6,12,16-17H,7-11,13-15H2,1-4H3,(H,23,26)/t17-/m1/s1. The van der Waals surface area contributed by atoms with E-state index in [0.717, 1.165) is 51.5 Å². The average molecular weight is 375 g/mol. The quantitative estimate of drug-likeness (QED) is 0.829. The van der Waals surface area contributed by atoms with E-state index in [1.165, 1.54) is 0 Å². The molecule has 3 rings (SSSR count). The molecule has 1 N–H and O–H groups in total. The Bertz CT molecular complexity index is 630. The number of pyridine rings is 1. The fourth-order valence-corrected chi connectivity index (χ4v) is 4.02. The number of carbonyl (C=O) groups excluding carboxylic acids is 1. The largest absolute Gasteiger partial charge is 0.372 e. The number of hydrogen-bond donors (Lipinski definition) is 1. The van der Waals surface area contributed by atoms with Gasteiger partial charge in [0, 0.05) is 38.9 Å². The normalized spacial score (nSPS) is 23.0. The number of hydrogen-bond acceptors (Lipinski definition) is 5. The number of likely N-dealkylation sites (tertiary alicyclic amines) is 1.